The van der Waals surface area contributed by atoms with Gasteiger partial charge in [-0.2, -0.15) is 0 Å². The maximum Gasteiger partial charge on any atom is 0.326 e. The fourth-order valence-electron chi connectivity index (χ4n) is 3.03. The molecule has 1 unspecified atom stereocenters. The molecule has 0 radical (unpaired) electrons. The van der Waals surface area contributed by atoms with Crippen LogP contribution < -0.4 is 10.2 Å². The number of hydrogen-bond acceptors (Lipinski definition) is 3. The van der Waals surface area contributed by atoms with Crippen molar-refractivity contribution in [1.82, 2.24) is 5.32 Å². The van der Waals surface area contributed by atoms with E-state index < -0.39 is 11.5 Å². The lowest BCUT2D eigenvalue weighted by Gasteiger charge is -2.36. The number of nitrogens with one attached hydrogen (secondary N) is 1. The largest absolute Gasteiger partial charge is 0.480 e. The predicted molar refractivity (Wildman–Crippen MR) is 83.7 cm³/mol. The van der Waals surface area contributed by atoms with E-state index in [1.165, 1.54) is 5.56 Å². The van der Waals surface area contributed by atoms with Crippen LogP contribution >= 0.6 is 0 Å². The molecule has 2 saturated carbocycles. The third-order valence-corrected chi connectivity index (χ3v) is 4.66. The van der Waals surface area contributed by atoms with Crippen LogP contribution in [-0.2, 0) is 4.79 Å². The summed E-state index contributed by atoms with van der Waals surface area (Å²) in [5, 5.41) is 13.3. The summed E-state index contributed by atoms with van der Waals surface area (Å²) in [5.41, 5.74) is 1.50. The Balaban J connectivity index is 1.79. The smallest absolute Gasteiger partial charge is 0.326 e. The minimum absolute atomic E-state index is 0.267. The van der Waals surface area contributed by atoms with Crippen LogP contribution in [0.15, 0.2) is 24.3 Å². The van der Waals surface area contributed by atoms with E-state index in [0.29, 0.717) is 12.6 Å². The average molecular weight is 288 g/mol. The Labute approximate surface area is 126 Å². The molecule has 2 aliphatic rings. The summed E-state index contributed by atoms with van der Waals surface area (Å²) in [6, 6.07) is 8.66. The van der Waals surface area contributed by atoms with Gasteiger partial charge in [0.2, 0.25) is 0 Å². The molecule has 2 fully saturated rings. The first-order chi connectivity index (χ1) is 10.0. The number of aliphatic carboxylic acids is 1. The van der Waals surface area contributed by atoms with E-state index in [2.05, 4.69) is 41.4 Å². The molecule has 4 heteroatoms. The van der Waals surface area contributed by atoms with Crippen LogP contribution in [0.25, 0.3) is 0 Å². The zero-order valence-electron chi connectivity index (χ0n) is 12.8. The van der Waals surface area contributed by atoms with Gasteiger partial charge in [-0.1, -0.05) is 17.7 Å². The molecule has 2 aliphatic carbocycles. The molecule has 0 heterocycles. The maximum atomic E-state index is 12.0. The SMILES string of the molecule is Cc1ccc(N(C)CC(NC2CC2)(C(=O)O)C2CC2)cc1. The minimum Gasteiger partial charge on any atom is -0.480 e. The molecule has 1 aromatic carbocycles. The molecule has 0 saturated heterocycles. The van der Waals surface area contributed by atoms with Gasteiger partial charge in [0.25, 0.3) is 0 Å². The molecule has 1 aromatic rings. The molecular weight excluding hydrogens is 264 g/mol. The number of likely N-dealkylation sites (N-methyl/N-ethyl adjacent to an activating group) is 1. The summed E-state index contributed by atoms with van der Waals surface area (Å²) in [4.78, 5) is 14.1. The number of hydrogen-bond donors (Lipinski definition) is 2. The van der Waals surface area contributed by atoms with Crippen molar-refractivity contribution >= 4 is 11.7 Å². The summed E-state index contributed by atoms with van der Waals surface area (Å²) >= 11 is 0. The lowest BCUT2D eigenvalue weighted by atomic mass is 9.92. The van der Waals surface area contributed by atoms with Gasteiger partial charge < -0.3 is 10.0 Å². The van der Waals surface area contributed by atoms with E-state index in [1.54, 1.807) is 0 Å². The Morgan fingerprint density at radius 1 is 1.29 bits per heavy atom. The molecule has 2 N–H and O–H groups in total. The summed E-state index contributed by atoms with van der Waals surface area (Å²) in [6.45, 7) is 2.58. The third-order valence-electron chi connectivity index (χ3n) is 4.66. The molecule has 21 heavy (non-hydrogen) atoms. The number of aryl methyl sites for hydroxylation is 1. The van der Waals surface area contributed by atoms with E-state index >= 15 is 0 Å². The fraction of sp³-hybridized carbons (Fsp3) is 0.588. The van der Waals surface area contributed by atoms with Gasteiger partial charge >= 0.3 is 5.97 Å². The molecule has 0 amide bonds. The van der Waals surface area contributed by atoms with E-state index in [4.69, 9.17) is 0 Å². The normalized spacial score (nSPS) is 20.9. The van der Waals surface area contributed by atoms with Gasteiger partial charge in [-0.25, -0.2) is 0 Å². The number of carboxylic acid groups (broad SMARTS) is 1. The summed E-state index contributed by atoms with van der Waals surface area (Å²) < 4.78 is 0. The first-order valence-electron chi connectivity index (χ1n) is 7.80. The van der Waals surface area contributed by atoms with Gasteiger partial charge in [0.15, 0.2) is 0 Å². The molecular formula is C17H24N2O2. The van der Waals surface area contributed by atoms with Crippen molar-refractivity contribution in [3.63, 3.8) is 0 Å². The van der Waals surface area contributed by atoms with Gasteiger partial charge in [-0.15, -0.1) is 0 Å². The van der Waals surface area contributed by atoms with E-state index in [1.807, 2.05) is 7.05 Å². The van der Waals surface area contributed by atoms with E-state index in [0.717, 1.165) is 31.4 Å². The highest BCUT2D eigenvalue weighted by atomic mass is 16.4. The second-order valence-corrected chi connectivity index (χ2v) is 6.66. The highest BCUT2D eigenvalue weighted by Gasteiger charge is 2.53. The van der Waals surface area contributed by atoms with Gasteiger partial charge in [0.1, 0.15) is 5.54 Å². The second-order valence-electron chi connectivity index (χ2n) is 6.66. The molecule has 1 atom stereocenters. The third kappa shape index (κ3) is 3.05. The molecule has 4 nitrogen and oxygen atoms in total. The number of anilines is 1. The van der Waals surface area contributed by atoms with Crippen molar-refractivity contribution in [3.8, 4) is 0 Å². The van der Waals surface area contributed by atoms with Crippen molar-refractivity contribution in [2.45, 2.75) is 44.2 Å². The maximum absolute atomic E-state index is 12.0. The first kappa shape index (κ1) is 14.4. The van der Waals surface area contributed by atoms with Crippen LogP contribution in [0.4, 0.5) is 5.69 Å². The molecule has 114 valence electrons. The minimum atomic E-state index is -0.791. The van der Waals surface area contributed by atoms with Crippen molar-refractivity contribution in [3.05, 3.63) is 29.8 Å². The van der Waals surface area contributed by atoms with Crippen LogP contribution in [0.1, 0.15) is 31.2 Å². The van der Waals surface area contributed by atoms with Crippen molar-refractivity contribution in [2.75, 3.05) is 18.5 Å². The number of benzene rings is 1. The van der Waals surface area contributed by atoms with Crippen LogP contribution in [-0.4, -0.2) is 36.2 Å². The Morgan fingerprint density at radius 3 is 2.38 bits per heavy atom. The molecule has 0 spiro atoms. The van der Waals surface area contributed by atoms with Gasteiger partial charge in [-0.3, -0.25) is 10.1 Å². The lowest BCUT2D eigenvalue weighted by molar-refractivity contribution is -0.145. The van der Waals surface area contributed by atoms with Crippen molar-refractivity contribution in [2.24, 2.45) is 5.92 Å². The Kier molecular flexibility index (Phi) is 3.66. The second kappa shape index (κ2) is 5.34. The fourth-order valence-corrected chi connectivity index (χ4v) is 3.03. The van der Waals surface area contributed by atoms with Gasteiger partial charge in [0.05, 0.1) is 0 Å². The number of carboxylic acids is 1. The Morgan fingerprint density at radius 2 is 1.90 bits per heavy atom. The number of carbonyl (C=O) groups is 1. The topological polar surface area (TPSA) is 52.6 Å². The summed E-state index contributed by atoms with van der Waals surface area (Å²) in [6.07, 6.45) is 4.26. The van der Waals surface area contributed by atoms with Gasteiger partial charge in [-0.05, 0) is 50.7 Å². The lowest BCUT2D eigenvalue weighted by Crippen LogP contribution is -2.61. The van der Waals surface area contributed by atoms with Crippen LogP contribution in [0.3, 0.4) is 0 Å². The van der Waals surface area contributed by atoms with Crippen molar-refractivity contribution < 1.29 is 9.90 Å². The molecule has 0 aliphatic heterocycles. The highest BCUT2D eigenvalue weighted by Crippen LogP contribution is 2.42. The van der Waals surface area contributed by atoms with Crippen molar-refractivity contribution in [1.29, 1.82) is 0 Å². The summed E-state index contributed by atoms with van der Waals surface area (Å²) in [7, 11) is 1.99. The molecule has 0 aromatic heterocycles. The quantitative estimate of drug-likeness (QED) is 0.809. The zero-order valence-corrected chi connectivity index (χ0v) is 12.8. The van der Waals surface area contributed by atoms with Crippen LogP contribution in [0.2, 0.25) is 0 Å². The van der Waals surface area contributed by atoms with E-state index in [-0.39, 0.29) is 5.92 Å². The molecule has 0 bridgehead atoms. The van der Waals surface area contributed by atoms with E-state index in [9.17, 15) is 9.90 Å². The number of rotatable bonds is 7. The van der Waals surface area contributed by atoms with Gasteiger partial charge in [0, 0.05) is 25.3 Å². The summed E-state index contributed by atoms with van der Waals surface area (Å²) in [5.74, 6) is -0.431. The standard InChI is InChI=1S/C17H24N2O2/c1-12-3-9-15(10-4-12)19(2)11-17(16(20)21,13-5-6-13)18-14-7-8-14/h3-4,9-10,13-14,18H,5-8,11H2,1-2H3,(H,20,21). The average Bonchev–Trinajstić information content (AvgIpc) is 3.31. The molecule has 3 rings (SSSR count). The number of nitrogens with zero attached hydrogens (tertiary/aromatic N) is 1. The van der Waals surface area contributed by atoms with Crippen LogP contribution in [0, 0.1) is 12.8 Å². The van der Waals surface area contributed by atoms with Crippen LogP contribution in [0.5, 0.6) is 0 Å². The monoisotopic (exact) mass is 288 g/mol. The highest BCUT2D eigenvalue weighted by molar-refractivity contribution is 5.81. The Bertz CT molecular complexity index is 520. The zero-order chi connectivity index (χ0) is 15.0. The predicted octanol–water partition coefficient (Wildman–Crippen LogP) is 2.42. The Hall–Kier alpha value is -1.55. The first-order valence-corrected chi connectivity index (χ1v) is 7.80.